The first-order chi connectivity index (χ1) is 8.20. The standard InChI is InChI=1S/C10H22O4Si4/c1-8-16(5)11-15(4)12-17(6,9-2)14-18(7,10-3)13-16/h8-10,15H,1-3H2,4-7H3. The fraction of sp³-hybridized carbons (Fsp3) is 0.400. The molecule has 0 spiro atoms. The van der Waals surface area contributed by atoms with E-state index >= 15 is 0 Å². The maximum atomic E-state index is 6.17. The van der Waals surface area contributed by atoms with Gasteiger partial charge in [0.25, 0.3) is 0 Å². The van der Waals surface area contributed by atoms with Crippen molar-refractivity contribution in [3.63, 3.8) is 0 Å². The molecule has 0 aliphatic carbocycles. The molecule has 0 saturated carbocycles. The van der Waals surface area contributed by atoms with Crippen molar-refractivity contribution in [2.75, 3.05) is 0 Å². The summed E-state index contributed by atoms with van der Waals surface area (Å²) in [5.41, 5.74) is 5.31. The third kappa shape index (κ3) is 3.71. The lowest BCUT2D eigenvalue weighted by Gasteiger charge is -2.43. The molecule has 2 unspecified atom stereocenters. The Labute approximate surface area is 115 Å². The van der Waals surface area contributed by atoms with Gasteiger partial charge in [-0.3, -0.25) is 0 Å². The van der Waals surface area contributed by atoms with E-state index in [1.165, 1.54) is 0 Å². The highest BCUT2D eigenvalue weighted by atomic mass is 28.5. The van der Waals surface area contributed by atoms with Crippen LogP contribution >= 0.6 is 0 Å². The van der Waals surface area contributed by atoms with E-state index in [1.807, 2.05) is 26.2 Å². The molecule has 1 aliphatic heterocycles. The zero-order valence-electron chi connectivity index (χ0n) is 11.6. The average Bonchev–Trinajstić information content (AvgIpc) is 2.26. The van der Waals surface area contributed by atoms with Crippen LogP contribution in [-0.2, 0) is 16.5 Å². The topological polar surface area (TPSA) is 36.9 Å². The van der Waals surface area contributed by atoms with Gasteiger partial charge >= 0.3 is 35.0 Å². The molecule has 0 aromatic heterocycles. The van der Waals surface area contributed by atoms with Gasteiger partial charge in [0, 0.05) is 0 Å². The predicted molar refractivity (Wildman–Crippen MR) is 82.8 cm³/mol. The summed E-state index contributed by atoms with van der Waals surface area (Å²) in [5, 5.41) is 0. The van der Waals surface area contributed by atoms with Crippen LogP contribution in [0.2, 0.25) is 26.2 Å². The van der Waals surface area contributed by atoms with Gasteiger partial charge in [-0.05, 0) is 26.2 Å². The quantitative estimate of drug-likeness (QED) is 0.748. The van der Waals surface area contributed by atoms with Crippen LogP contribution in [0.3, 0.4) is 0 Å². The molecule has 1 aliphatic rings. The molecule has 0 bridgehead atoms. The largest absolute Gasteiger partial charge is 0.415 e. The van der Waals surface area contributed by atoms with Crippen LogP contribution in [0.5, 0.6) is 0 Å². The fourth-order valence-electron chi connectivity index (χ4n) is 1.82. The molecule has 18 heavy (non-hydrogen) atoms. The second kappa shape index (κ2) is 5.51. The molecule has 0 aromatic carbocycles. The van der Waals surface area contributed by atoms with Gasteiger partial charge in [0.05, 0.1) is 0 Å². The second-order valence-electron chi connectivity index (χ2n) is 4.67. The molecule has 1 fully saturated rings. The summed E-state index contributed by atoms with van der Waals surface area (Å²) in [7, 11) is -9.19. The zero-order chi connectivity index (χ0) is 14.0. The molecule has 8 heteroatoms. The second-order valence-corrected chi connectivity index (χ2v) is 16.6. The van der Waals surface area contributed by atoms with Crippen LogP contribution in [0.25, 0.3) is 0 Å². The SMILES string of the molecule is C=C[Si]1(C)O[SiH](C)O[Si](C)(C=C)O[Si](C)(C=C)O1. The minimum absolute atomic E-state index is 1.76. The summed E-state index contributed by atoms with van der Waals surface area (Å²) in [4.78, 5) is 0. The van der Waals surface area contributed by atoms with E-state index in [-0.39, 0.29) is 0 Å². The number of rotatable bonds is 3. The van der Waals surface area contributed by atoms with Gasteiger partial charge in [-0.25, -0.2) is 0 Å². The molecular weight excluding hydrogens is 296 g/mol. The van der Waals surface area contributed by atoms with Crippen LogP contribution in [-0.4, -0.2) is 35.0 Å². The summed E-state index contributed by atoms with van der Waals surface area (Å²) < 4.78 is 24.4. The lowest BCUT2D eigenvalue weighted by molar-refractivity contribution is 0.261. The third-order valence-corrected chi connectivity index (χ3v) is 17.8. The summed E-state index contributed by atoms with van der Waals surface area (Å²) in [6.45, 7) is 19.3. The average molecular weight is 319 g/mol. The van der Waals surface area contributed by atoms with Crippen molar-refractivity contribution < 1.29 is 16.5 Å². The van der Waals surface area contributed by atoms with E-state index in [2.05, 4.69) is 19.7 Å². The van der Waals surface area contributed by atoms with Crippen molar-refractivity contribution in [2.24, 2.45) is 0 Å². The van der Waals surface area contributed by atoms with E-state index in [0.717, 1.165) is 0 Å². The predicted octanol–water partition coefficient (Wildman–Crippen LogP) is 2.31. The first-order valence-corrected chi connectivity index (χ1v) is 15.1. The number of hydrogen-bond acceptors (Lipinski definition) is 4. The Morgan fingerprint density at radius 3 is 1.39 bits per heavy atom. The summed E-state index contributed by atoms with van der Waals surface area (Å²) in [6, 6.07) is 0. The van der Waals surface area contributed by atoms with Crippen molar-refractivity contribution >= 4 is 35.0 Å². The van der Waals surface area contributed by atoms with Gasteiger partial charge in [0.1, 0.15) is 0 Å². The smallest absolute Gasteiger partial charge is 0.344 e. The van der Waals surface area contributed by atoms with Crippen molar-refractivity contribution in [3.05, 3.63) is 36.8 Å². The summed E-state index contributed by atoms with van der Waals surface area (Å²) in [5.74, 6) is 0. The van der Waals surface area contributed by atoms with Gasteiger partial charge in [0.2, 0.25) is 0 Å². The molecule has 0 radical (unpaired) electrons. The van der Waals surface area contributed by atoms with E-state index in [0.29, 0.717) is 0 Å². The van der Waals surface area contributed by atoms with Crippen molar-refractivity contribution in [1.82, 2.24) is 0 Å². The Kier molecular flexibility index (Phi) is 4.89. The Bertz CT molecular complexity index is 338. The highest BCUT2D eigenvalue weighted by molar-refractivity contribution is 6.94. The van der Waals surface area contributed by atoms with Gasteiger partial charge in [-0.2, -0.15) is 0 Å². The molecule has 102 valence electrons. The Morgan fingerprint density at radius 1 is 0.778 bits per heavy atom. The molecule has 0 amide bonds. The molecule has 1 saturated heterocycles. The maximum Gasteiger partial charge on any atom is 0.344 e. The molecule has 1 rings (SSSR count). The normalized spacial score (nSPS) is 45.7. The first kappa shape index (κ1) is 16.0. The van der Waals surface area contributed by atoms with E-state index in [4.69, 9.17) is 16.5 Å². The van der Waals surface area contributed by atoms with Gasteiger partial charge < -0.3 is 16.5 Å². The molecule has 4 nitrogen and oxygen atoms in total. The first-order valence-electron chi connectivity index (χ1n) is 5.86. The lowest BCUT2D eigenvalue weighted by atomic mass is 11.3. The summed E-state index contributed by atoms with van der Waals surface area (Å²) >= 11 is 0. The van der Waals surface area contributed by atoms with Crippen LogP contribution in [0, 0.1) is 0 Å². The maximum absolute atomic E-state index is 6.17. The molecule has 0 aromatic rings. The Balaban J connectivity index is 3.11. The lowest BCUT2D eigenvalue weighted by Crippen LogP contribution is -2.62. The van der Waals surface area contributed by atoms with Crippen molar-refractivity contribution in [2.45, 2.75) is 26.2 Å². The Morgan fingerprint density at radius 2 is 1.11 bits per heavy atom. The van der Waals surface area contributed by atoms with Gasteiger partial charge in [-0.15, -0.1) is 19.7 Å². The van der Waals surface area contributed by atoms with Crippen LogP contribution in [0.15, 0.2) is 36.8 Å². The third-order valence-electron chi connectivity index (χ3n) is 2.72. The molecule has 1 heterocycles. The summed E-state index contributed by atoms with van der Waals surface area (Å²) in [6.07, 6.45) is 0. The van der Waals surface area contributed by atoms with Crippen LogP contribution < -0.4 is 0 Å². The van der Waals surface area contributed by atoms with Gasteiger partial charge in [-0.1, -0.05) is 17.1 Å². The van der Waals surface area contributed by atoms with Crippen molar-refractivity contribution in [3.8, 4) is 0 Å². The minimum atomic E-state index is -2.52. The molecular formula is C10H22O4Si4. The van der Waals surface area contributed by atoms with E-state index in [9.17, 15) is 0 Å². The number of hydrogen-bond donors (Lipinski definition) is 0. The highest BCUT2D eigenvalue weighted by Crippen LogP contribution is 2.28. The van der Waals surface area contributed by atoms with E-state index in [1.54, 1.807) is 17.1 Å². The van der Waals surface area contributed by atoms with Crippen LogP contribution in [0.1, 0.15) is 0 Å². The highest BCUT2D eigenvalue weighted by Gasteiger charge is 2.49. The van der Waals surface area contributed by atoms with Crippen LogP contribution in [0.4, 0.5) is 0 Å². The molecule has 2 atom stereocenters. The minimum Gasteiger partial charge on any atom is -0.415 e. The zero-order valence-corrected chi connectivity index (χ0v) is 15.7. The van der Waals surface area contributed by atoms with E-state index < -0.39 is 35.0 Å². The fourth-order valence-corrected chi connectivity index (χ4v) is 18.1. The molecule has 0 N–H and O–H groups in total. The monoisotopic (exact) mass is 318 g/mol. The Hall–Kier alpha value is -0.0725. The van der Waals surface area contributed by atoms with Crippen molar-refractivity contribution in [1.29, 1.82) is 0 Å². The van der Waals surface area contributed by atoms with Gasteiger partial charge in [0.15, 0.2) is 0 Å².